The molecule has 0 unspecified atom stereocenters. The molecule has 2 heterocycles. The molecule has 3 rings (SSSR count). The number of amides is 1. The molecule has 1 saturated heterocycles. The van der Waals surface area contributed by atoms with Gasteiger partial charge < -0.3 is 9.47 Å². The molecule has 1 amide bonds. The van der Waals surface area contributed by atoms with Crippen LogP contribution in [0.4, 0.5) is 18.0 Å². The smallest absolute Gasteiger partial charge is 0.444 e. The first-order chi connectivity index (χ1) is 15.4. The van der Waals surface area contributed by atoms with Crippen LogP contribution in [0.15, 0.2) is 42.6 Å². The molecule has 1 fully saturated rings. The van der Waals surface area contributed by atoms with Crippen LogP contribution in [0.2, 0.25) is 0 Å². The van der Waals surface area contributed by atoms with Crippen molar-refractivity contribution in [1.82, 2.24) is 9.88 Å². The molecular formula is C24H27F3N2O4. The Kier molecular flexibility index (Phi) is 7.29. The molecule has 2 aromatic rings. The number of benzene rings is 1. The highest BCUT2D eigenvalue weighted by molar-refractivity contribution is 5.88. The minimum atomic E-state index is -4.75. The number of hydrogen-bond donors (Lipinski definition) is 0. The van der Waals surface area contributed by atoms with Gasteiger partial charge >= 0.3 is 12.5 Å². The number of Topliss-reactive ketones (excluding diaryl/α,β-unsaturated/α-hetero) is 1. The maximum atomic E-state index is 12.8. The number of aromatic nitrogens is 1. The van der Waals surface area contributed by atoms with Gasteiger partial charge in [0.15, 0.2) is 5.78 Å². The molecule has 1 aromatic heterocycles. The molecule has 0 radical (unpaired) electrons. The lowest BCUT2D eigenvalue weighted by Crippen LogP contribution is -2.43. The summed E-state index contributed by atoms with van der Waals surface area (Å²) in [5.41, 5.74) is 1.45. The number of halogens is 3. The number of ether oxygens (including phenoxy) is 2. The van der Waals surface area contributed by atoms with Gasteiger partial charge in [-0.2, -0.15) is 0 Å². The maximum Gasteiger partial charge on any atom is 0.573 e. The topological polar surface area (TPSA) is 68.7 Å². The summed E-state index contributed by atoms with van der Waals surface area (Å²) in [5.74, 6) is -0.329. The SMILES string of the molecule is CC(C)(C)OC(=O)N1CCC[C@H]1C(=O)CCc1ccnc(-c2ccc(OC(F)(F)F)cc2)c1. The van der Waals surface area contributed by atoms with Gasteiger partial charge in [-0.15, -0.1) is 13.2 Å². The van der Waals surface area contributed by atoms with Crippen molar-refractivity contribution in [1.29, 1.82) is 0 Å². The molecule has 0 spiro atoms. The molecule has 1 aliphatic rings. The number of carbonyl (C=O) groups is 2. The third-order valence-corrected chi connectivity index (χ3v) is 5.12. The number of rotatable bonds is 6. The zero-order valence-electron chi connectivity index (χ0n) is 18.8. The molecule has 0 saturated carbocycles. The van der Waals surface area contributed by atoms with Crippen molar-refractivity contribution in [2.24, 2.45) is 0 Å². The third kappa shape index (κ3) is 7.20. The zero-order chi connectivity index (χ0) is 24.2. The van der Waals surface area contributed by atoms with E-state index >= 15 is 0 Å². The monoisotopic (exact) mass is 464 g/mol. The molecular weight excluding hydrogens is 437 g/mol. The van der Waals surface area contributed by atoms with Crippen molar-refractivity contribution in [3.8, 4) is 17.0 Å². The molecule has 1 atom stereocenters. The molecule has 0 N–H and O–H groups in total. The number of aryl methyl sites for hydroxylation is 1. The number of pyridine rings is 1. The van der Waals surface area contributed by atoms with Crippen LogP contribution in [0, 0.1) is 0 Å². The Morgan fingerprint density at radius 2 is 1.82 bits per heavy atom. The molecule has 9 heteroatoms. The molecule has 33 heavy (non-hydrogen) atoms. The highest BCUT2D eigenvalue weighted by Gasteiger charge is 2.36. The van der Waals surface area contributed by atoms with Gasteiger partial charge in [-0.1, -0.05) is 0 Å². The second kappa shape index (κ2) is 9.80. The van der Waals surface area contributed by atoms with Crippen LogP contribution in [0.5, 0.6) is 5.75 Å². The normalized spacial score (nSPS) is 16.5. The van der Waals surface area contributed by atoms with Gasteiger partial charge in [-0.05, 0) is 82.0 Å². The van der Waals surface area contributed by atoms with Crippen molar-refractivity contribution < 1.29 is 32.2 Å². The molecule has 0 aliphatic carbocycles. The Morgan fingerprint density at radius 1 is 1.12 bits per heavy atom. The average molecular weight is 464 g/mol. The highest BCUT2D eigenvalue weighted by Crippen LogP contribution is 2.27. The zero-order valence-corrected chi connectivity index (χ0v) is 18.8. The number of hydrogen-bond acceptors (Lipinski definition) is 5. The predicted octanol–water partition coefficient (Wildman–Crippen LogP) is 5.55. The van der Waals surface area contributed by atoms with E-state index in [1.165, 1.54) is 29.2 Å². The van der Waals surface area contributed by atoms with Crippen LogP contribution in [0.3, 0.4) is 0 Å². The average Bonchev–Trinajstić information content (AvgIpc) is 3.21. The summed E-state index contributed by atoms with van der Waals surface area (Å²) in [6.07, 6.45) is -1.53. The lowest BCUT2D eigenvalue weighted by atomic mass is 10.0. The molecule has 0 bridgehead atoms. The molecule has 178 valence electrons. The summed E-state index contributed by atoms with van der Waals surface area (Å²) in [6.45, 7) is 5.86. The summed E-state index contributed by atoms with van der Waals surface area (Å²) in [7, 11) is 0. The number of nitrogens with zero attached hydrogens (tertiary/aromatic N) is 2. The number of likely N-dealkylation sites (tertiary alicyclic amines) is 1. The van der Waals surface area contributed by atoms with Gasteiger partial charge in [0, 0.05) is 24.7 Å². The van der Waals surface area contributed by atoms with Crippen LogP contribution in [-0.2, 0) is 16.0 Å². The Morgan fingerprint density at radius 3 is 2.45 bits per heavy atom. The fourth-order valence-electron chi connectivity index (χ4n) is 3.69. The fourth-order valence-corrected chi connectivity index (χ4v) is 3.69. The lowest BCUT2D eigenvalue weighted by Gasteiger charge is -2.28. The van der Waals surface area contributed by atoms with E-state index in [1.54, 1.807) is 39.1 Å². The largest absolute Gasteiger partial charge is 0.573 e. The fraction of sp³-hybridized carbons (Fsp3) is 0.458. The van der Waals surface area contributed by atoms with Gasteiger partial charge in [-0.3, -0.25) is 14.7 Å². The first-order valence-electron chi connectivity index (χ1n) is 10.7. The van der Waals surface area contributed by atoms with E-state index in [2.05, 4.69) is 9.72 Å². The van der Waals surface area contributed by atoms with E-state index in [4.69, 9.17) is 4.74 Å². The van der Waals surface area contributed by atoms with Gasteiger partial charge in [0.2, 0.25) is 0 Å². The van der Waals surface area contributed by atoms with Crippen molar-refractivity contribution in [2.45, 2.75) is 64.5 Å². The summed E-state index contributed by atoms with van der Waals surface area (Å²) >= 11 is 0. The summed E-state index contributed by atoms with van der Waals surface area (Å²) in [4.78, 5) is 31.0. The van der Waals surface area contributed by atoms with Crippen molar-refractivity contribution in [3.05, 3.63) is 48.2 Å². The number of carbonyl (C=O) groups excluding carboxylic acids is 2. The Balaban J connectivity index is 1.61. The second-order valence-electron chi connectivity index (χ2n) is 8.92. The first-order valence-corrected chi connectivity index (χ1v) is 10.7. The van der Waals surface area contributed by atoms with Crippen molar-refractivity contribution >= 4 is 11.9 Å². The first kappa shape index (κ1) is 24.5. The minimum Gasteiger partial charge on any atom is -0.444 e. The maximum absolute atomic E-state index is 12.8. The van der Waals surface area contributed by atoms with E-state index in [1.807, 2.05) is 0 Å². The van der Waals surface area contributed by atoms with E-state index < -0.39 is 24.1 Å². The molecule has 1 aliphatic heterocycles. The van der Waals surface area contributed by atoms with Crippen LogP contribution < -0.4 is 4.74 Å². The Hall–Kier alpha value is -3.10. The van der Waals surface area contributed by atoms with Gasteiger partial charge in [0.25, 0.3) is 0 Å². The Labute approximate surface area is 190 Å². The summed E-state index contributed by atoms with van der Waals surface area (Å²) in [5, 5.41) is 0. The van der Waals surface area contributed by atoms with Gasteiger partial charge in [0.05, 0.1) is 11.7 Å². The van der Waals surface area contributed by atoms with Crippen LogP contribution in [-0.4, -0.2) is 46.3 Å². The van der Waals surface area contributed by atoms with Crippen LogP contribution >= 0.6 is 0 Å². The highest BCUT2D eigenvalue weighted by atomic mass is 19.4. The molecule has 6 nitrogen and oxygen atoms in total. The summed E-state index contributed by atoms with van der Waals surface area (Å²) < 4.78 is 46.3. The van der Waals surface area contributed by atoms with E-state index in [0.29, 0.717) is 30.6 Å². The van der Waals surface area contributed by atoms with E-state index in [0.717, 1.165) is 12.0 Å². The Bertz CT molecular complexity index is 984. The quantitative estimate of drug-likeness (QED) is 0.561. The van der Waals surface area contributed by atoms with Gasteiger partial charge in [0.1, 0.15) is 11.4 Å². The number of alkyl halides is 3. The third-order valence-electron chi connectivity index (χ3n) is 5.12. The van der Waals surface area contributed by atoms with Crippen molar-refractivity contribution in [3.63, 3.8) is 0 Å². The van der Waals surface area contributed by atoms with Gasteiger partial charge in [-0.25, -0.2) is 4.79 Å². The molecule has 1 aromatic carbocycles. The minimum absolute atomic E-state index is 0.0228. The number of ketones is 1. The van der Waals surface area contributed by atoms with Crippen LogP contribution in [0.1, 0.15) is 45.6 Å². The van der Waals surface area contributed by atoms with E-state index in [-0.39, 0.29) is 18.0 Å². The standard InChI is InChI=1S/C24H27F3N2O4/c1-23(2,3)33-22(31)29-14-4-5-20(29)21(30)11-6-16-12-13-28-19(15-16)17-7-9-18(10-8-17)32-24(25,26)27/h7-10,12-13,15,20H,4-6,11,14H2,1-3H3/t20-/m0/s1. The lowest BCUT2D eigenvalue weighted by molar-refractivity contribution is -0.274. The predicted molar refractivity (Wildman–Crippen MR) is 116 cm³/mol. The van der Waals surface area contributed by atoms with E-state index in [9.17, 15) is 22.8 Å². The van der Waals surface area contributed by atoms with Crippen molar-refractivity contribution in [2.75, 3.05) is 6.54 Å². The van der Waals surface area contributed by atoms with Crippen LogP contribution in [0.25, 0.3) is 11.3 Å². The summed E-state index contributed by atoms with van der Waals surface area (Å²) in [6, 6.07) is 8.55. The second-order valence-corrected chi connectivity index (χ2v) is 8.92.